The van der Waals surface area contributed by atoms with E-state index in [0.717, 1.165) is 24.7 Å². The number of aromatic nitrogens is 2. The molecule has 1 aliphatic heterocycles. The first-order valence-electron chi connectivity index (χ1n) is 7.80. The van der Waals surface area contributed by atoms with Crippen LogP contribution in [0.3, 0.4) is 0 Å². The first kappa shape index (κ1) is 13.0. The zero-order chi connectivity index (χ0) is 14.4. The van der Waals surface area contributed by atoms with Crippen LogP contribution >= 0.6 is 0 Å². The Morgan fingerprint density at radius 3 is 2.95 bits per heavy atom. The van der Waals surface area contributed by atoms with Crippen molar-refractivity contribution in [2.45, 2.75) is 45.1 Å². The second-order valence-corrected chi connectivity index (χ2v) is 6.93. The van der Waals surface area contributed by atoms with Crippen LogP contribution in [0.1, 0.15) is 61.5 Å². The first-order valence-corrected chi connectivity index (χ1v) is 7.80. The monoisotopic (exact) mass is 283 g/mol. The fourth-order valence-corrected chi connectivity index (χ4v) is 3.63. The van der Waals surface area contributed by atoms with Gasteiger partial charge < -0.3 is 9.84 Å². The molecule has 1 fully saturated rings. The highest BCUT2D eigenvalue weighted by molar-refractivity contribution is 5.43. The van der Waals surface area contributed by atoms with Gasteiger partial charge in [-0.1, -0.05) is 43.3 Å². The third-order valence-electron chi connectivity index (χ3n) is 5.00. The molecular weight excluding hydrogens is 262 g/mol. The Balaban J connectivity index is 1.60. The van der Waals surface area contributed by atoms with Crippen LogP contribution in [0.15, 0.2) is 28.8 Å². The summed E-state index contributed by atoms with van der Waals surface area (Å²) in [5, 5.41) is 7.79. The van der Waals surface area contributed by atoms with Crippen LogP contribution in [0.2, 0.25) is 0 Å². The van der Waals surface area contributed by atoms with Crippen molar-refractivity contribution in [2.75, 3.05) is 6.54 Å². The van der Waals surface area contributed by atoms with E-state index in [2.05, 4.69) is 48.6 Å². The molecule has 0 radical (unpaired) electrons. The Morgan fingerprint density at radius 2 is 2.14 bits per heavy atom. The molecule has 1 aromatic heterocycles. The summed E-state index contributed by atoms with van der Waals surface area (Å²) in [6.07, 6.45) is 3.42. The molecule has 4 nitrogen and oxygen atoms in total. The van der Waals surface area contributed by atoms with Crippen molar-refractivity contribution in [3.8, 4) is 0 Å². The van der Waals surface area contributed by atoms with E-state index in [9.17, 15) is 0 Å². The van der Waals surface area contributed by atoms with Gasteiger partial charge in [-0.2, -0.15) is 4.98 Å². The molecule has 0 spiro atoms. The van der Waals surface area contributed by atoms with Gasteiger partial charge in [-0.05, 0) is 42.3 Å². The fourth-order valence-electron chi connectivity index (χ4n) is 3.63. The highest BCUT2D eigenvalue weighted by Crippen LogP contribution is 2.42. The number of nitrogens with one attached hydrogen (secondary N) is 1. The molecule has 1 aliphatic carbocycles. The normalized spacial score (nSPS) is 27.0. The van der Waals surface area contributed by atoms with Crippen molar-refractivity contribution in [3.05, 3.63) is 47.1 Å². The molecular formula is C17H21N3O. The molecule has 4 heteroatoms. The lowest BCUT2D eigenvalue weighted by Crippen LogP contribution is -2.39. The molecule has 0 saturated carbocycles. The average molecular weight is 283 g/mol. The summed E-state index contributed by atoms with van der Waals surface area (Å²) in [6.45, 7) is 5.57. The molecule has 2 aromatic rings. The first-order chi connectivity index (χ1) is 10.1. The number of nitrogens with zero attached hydrogens (tertiary/aromatic N) is 2. The van der Waals surface area contributed by atoms with Crippen molar-refractivity contribution in [2.24, 2.45) is 5.41 Å². The maximum absolute atomic E-state index is 5.59. The smallest absolute Gasteiger partial charge is 0.244 e. The lowest BCUT2D eigenvalue weighted by Gasteiger charge is -2.37. The SMILES string of the molecule is CC1(C)CCCNC1c1nc(C2Cc3ccccc32)no1. The van der Waals surface area contributed by atoms with Crippen molar-refractivity contribution < 1.29 is 4.52 Å². The van der Waals surface area contributed by atoms with Crippen molar-refractivity contribution in [1.29, 1.82) is 0 Å². The van der Waals surface area contributed by atoms with Crippen LogP contribution < -0.4 is 5.32 Å². The van der Waals surface area contributed by atoms with Crippen molar-refractivity contribution in [3.63, 3.8) is 0 Å². The minimum Gasteiger partial charge on any atom is -0.338 e. The zero-order valence-corrected chi connectivity index (χ0v) is 12.6. The van der Waals surface area contributed by atoms with Gasteiger partial charge in [0, 0.05) is 0 Å². The largest absolute Gasteiger partial charge is 0.338 e. The lowest BCUT2D eigenvalue weighted by atomic mass is 9.76. The van der Waals surface area contributed by atoms with Crippen LogP contribution in [-0.4, -0.2) is 16.7 Å². The summed E-state index contributed by atoms with van der Waals surface area (Å²) in [6, 6.07) is 8.69. The van der Waals surface area contributed by atoms with E-state index >= 15 is 0 Å². The third-order valence-corrected chi connectivity index (χ3v) is 5.00. The Hall–Kier alpha value is -1.68. The highest BCUT2D eigenvalue weighted by atomic mass is 16.5. The molecule has 110 valence electrons. The molecule has 4 rings (SSSR count). The number of hydrogen-bond acceptors (Lipinski definition) is 4. The Morgan fingerprint density at radius 1 is 1.29 bits per heavy atom. The maximum atomic E-state index is 5.59. The van der Waals surface area contributed by atoms with Gasteiger partial charge in [0.25, 0.3) is 0 Å². The molecule has 2 aliphatic rings. The minimum absolute atomic E-state index is 0.166. The molecule has 1 saturated heterocycles. The number of hydrogen-bond donors (Lipinski definition) is 1. The van der Waals surface area contributed by atoms with Gasteiger partial charge in [-0.15, -0.1) is 0 Å². The Bertz CT molecular complexity index is 662. The average Bonchev–Trinajstić information content (AvgIpc) is 2.88. The van der Waals surface area contributed by atoms with E-state index in [1.807, 2.05) is 0 Å². The van der Waals surface area contributed by atoms with Crippen molar-refractivity contribution in [1.82, 2.24) is 15.5 Å². The Labute approximate surface area is 124 Å². The summed E-state index contributed by atoms with van der Waals surface area (Å²) >= 11 is 0. The van der Waals surface area contributed by atoms with Gasteiger partial charge in [0.2, 0.25) is 5.89 Å². The summed E-state index contributed by atoms with van der Waals surface area (Å²) in [5.41, 5.74) is 2.92. The fraction of sp³-hybridized carbons (Fsp3) is 0.529. The van der Waals surface area contributed by atoms with Crippen LogP contribution in [-0.2, 0) is 6.42 Å². The number of benzene rings is 1. The molecule has 2 unspecified atom stereocenters. The summed E-state index contributed by atoms with van der Waals surface area (Å²) in [7, 11) is 0. The van der Waals surface area contributed by atoms with Crippen LogP contribution in [0, 0.1) is 5.41 Å². The van der Waals surface area contributed by atoms with Gasteiger partial charge >= 0.3 is 0 Å². The van der Waals surface area contributed by atoms with Gasteiger partial charge in [0.1, 0.15) is 0 Å². The second-order valence-electron chi connectivity index (χ2n) is 6.93. The van der Waals surface area contributed by atoms with E-state index in [-0.39, 0.29) is 11.5 Å². The molecule has 0 amide bonds. The van der Waals surface area contributed by atoms with Gasteiger partial charge in [0.05, 0.1) is 12.0 Å². The quantitative estimate of drug-likeness (QED) is 0.919. The zero-order valence-electron chi connectivity index (χ0n) is 12.6. The summed E-state index contributed by atoms with van der Waals surface area (Å²) in [5.74, 6) is 1.90. The van der Waals surface area contributed by atoms with Gasteiger partial charge in [0.15, 0.2) is 5.82 Å². The maximum Gasteiger partial charge on any atom is 0.244 e. The summed E-state index contributed by atoms with van der Waals surface area (Å²) < 4.78 is 5.59. The van der Waals surface area contributed by atoms with Crippen molar-refractivity contribution >= 4 is 0 Å². The summed E-state index contributed by atoms with van der Waals surface area (Å²) in [4.78, 5) is 4.71. The predicted octanol–water partition coefficient (Wildman–Crippen LogP) is 3.21. The molecule has 0 bridgehead atoms. The number of piperidine rings is 1. The van der Waals surface area contributed by atoms with E-state index in [4.69, 9.17) is 9.51 Å². The molecule has 2 atom stereocenters. The van der Waals surface area contributed by atoms with Crippen LogP contribution in [0.4, 0.5) is 0 Å². The van der Waals surface area contributed by atoms with E-state index < -0.39 is 0 Å². The van der Waals surface area contributed by atoms with Gasteiger partial charge in [-0.25, -0.2) is 0 Å². The van der Waals surface area contributed by atoms with E-state index in [0.29, 0.717) is 5.92 Å². The molecule has 2 heterocycles. The molecule has 1 N–H and O–H groups in total. The number of fused-ring (bicyclic) bond motifs is 1. The lowest BCUT2D eigenvalue weighted by molar-refractivity contribution is 0.146. The third kappa shape index (κ3) is 2.09. The van der Waals surface area contributed by atoms with E-state index in [1.165, 1.54) is 24.0 Å². The topological polar surface area (TPSA) is 51.0 Å². The van der Waals surface area contributed by atoms with E-state index in [1.54, 1.807) is 0 Å². The molecule has 21 heavy (non-hydrogen) atoms. The van der Waals surface area contributed by atoms with Gasteiger partial charge in [-0.3, -0.25) is 0 Å². The predicted molar refractivity (Wildman–Crippen MR) is 80.0 cm³/mol. The molecule has 1 aromatic carbocycles. The standard InChI is InChI=1S/C17H21N3O/c1-17(2)8-5-9-18-14(17)16-19-15(20-21-16)13-10-11-6-3-4-7-12(11)13/h3-4,6-7,13-14,18H,5,8-10H2,1-2H3. The van der Waals surface area contributed by atoms with Crippen LogP contribution in [0.25, 0.3) is 0 Å². The minimum atomic E-state index is 0.166. The second kappa shape index (κ2) is 4.67. The van der Waals surface area contributed by atoms with Crippen LogP contribution in [0.5, 0.6) is 0 Å². The number of rotatable bonds is 2. The highest BCUT2D eigenvalue weighted by Gasteiger charge is 2.38. The Kier molecular flexibility index (Phi) is 2.89.